The van der Waals surface area contributed by atoms with Gasteiger partial charge in [0.05, 0.1) is 31.8 Å². The van der Waals surface area contributed by atoms with E-state index in [9.17, 15) is 0 Å². The van der Waals surface area contributed by atoms with E-state index < -0.39 is 8.32 Å². The highest BCUT2D eigenvalue weighted by atomic mass is 28.4. The molecule has 0 radical (unpaired) electrons. The number of hydrogen-bond donors (Lipinski definition) is 0. The Kier molecular flexibility index (Phi) is 6.23. The Hall–Kier alpha value is -1.15. The first-order valence-corrected chi connectivity index (χ1v) is 9.99. The fourth-order valence-corrected chi connectivity index (χ4v) is 2.88. The maximum Gasteiger partial charge on any atom is 0.184 e. The molecule has 104 valence electrons. The standard InChI is InChI=1S/C15H23NO2Si/c1-13-5-7-14(8-6-13)11-17-12-15(9-10-16)18-19(2,3)4/h5-8,15H,9,11-12H2,1-4H3/t15-/m1/s1. The van der Waals surface area contributed by atoms with Crippen LogP contribution in [0.15, 0.2) is 24.3 Å². The Labute approximate surface area is 117 Å². The van der Waals surface area contributed by atoms with Crippen molar-refractivity contribution in [1.29, 1.82) is 5.26 Å². The van der Waals surface area contributed by atoms with Crippen molar-refractivity contribution in [1.82, 2.24) is 0 Å². The second-order valence-corrected chi connectivity index (χ2v) is 10.2. The highest BCUT2D eigenvalue weighted by Crippen LogP contribution is 2.11. The van der Waals surface area contributed by atoms with Crippen molar-refractivity contribution < 1.29 is 9.16 Å². The molecule has 1 rings (SSSR count). The van der Waals surface area contributed by atoms with Gasteiger partial charge in [-0.05, 0) is 32.1 Å². The van der Waals surface area contributed by atoms with Gasteiger partial charge in [-0.3, -0.25) is 0 Å². The third-order valence-electron chi connectivity index (χ3n) is 2.53. The summed E-state index contributed by atoms with van der Waals surface area (Å²) in [6.07, 6.45) is 0.278. The first kappa shape index (κ1) is 15.9. The van der Waals surface area contributed by atoms with Gasteiger partial charge in [0.1, 0.15) is 0 Å². The Bertz CT molecular complexity index is 417. The van der Waals surface area contributed by atoms with E-state index in [1.165, 1.54) is 5.56 Å². The Morgan fingerprint density at radius 1 is 1.21 bits per heavy atom. The number of ether oxygens (including phenoxy) is 1. The van der Waals surface area contributed by atoms with Gasteiger partial charge in [0.15, 0.2) is 8.32 Å². The highest BCUT2D eigenvalue weighted by Gasteiger charge is 2.21. The van der Waals surface area contributed by atoms with Crippen LogP contribution < -0.4 is 0 Å². The van der Waals surface area contributed by atoms with Gasteiger partial charge in [-0.1, -0.05) is 29.8 Å². The molecule has 0 aliphatic heterocycles. The summed E-state index contributed by atoms with van der Waals surface area (Å²) in [6, 6.07) is 10.4. The average molecular weight is 277 g/mol. The number of aryl methyl sites for hydroxylation is 1. The molecule has 0 unspecified atom stereocenters. The lowest BCUT2D eigenvalue weighted by molar-refractivity contribution is 0.0397. The lowest BCUT2D eigenvalue weighted by Crippen LogP contribution is -2.34. The fourth-order valence-electron chi connectivity index (χ4n) is 1.73. The fraction of sp³-hybridized carbons (Fsp3) is 0.533. The van der Waals surface area contributed by atoms with Gasteiger partial charge in [0.25, 0.3) is 0 Å². The first-order valence-electron chi connectivity index (χ1n) is 6.59. The van der Waals surface area contributed by atoms with E-state index in [4.69, 9.17) is 14.4 Å². The zero-order valence-electron chi connectivity index (χ0n) is 12.3. The summed E-state index contributed by atoms with van der Waals surface area (Å²) in [6.45, 7) is 9.48. The third-order valence-corrected chi connectivity index (χ3v) is 3.57. The van der Waals surface area contributed by atoms with Gasteiger partial charge in [0.2, 0.25) is 0 Å². The van der Waals surface area contributed by atoms with Crippen LogP contribution in [-0.2, 0) is 15.8 Å². The second-order valence-electron chi connectivity index (χ2n) is 5.72. The molecule has 0 aliphatic carbocycles. The zero-order chi connectivity index (χ0) is 14.3. The molecule has 1 aromatic rings. The molecule has 0 fully saturated rings. The molecule has 0 amide bonds. The molecule has 0 aliphatic rings. The van der Waals surface area contributed by atoms with E-state index in [2.05, 4.69) is 56.9 Å². The van der Waals surface area contributed by atoms with E-state index >= 15 is 0 Å². The van der Waals surface area contributed by atoms with Crippen LogP contribution in [0.2, 0.25) is 19.6 Å². The number of rotatable bonds is 7. The minimum Gasteiger partial charge on any atom is -0.411 e. The summed E-state index contributed by atoms with van der Waals surface area (Å²) in [5.41, 5.74) is 2.39. The van der Waals surface area contributed by atoms with Crippen molar-refractivity contribution in [2.75, 3.05) is 6.61 Å². The predicted octanol–water partition coefficient (Wildman–Crippen LogP) is 3.65. The number of benzene rings is 1. The SMILES string of the molecule is Cc1ccc(COC[C@@H](CC#N)O[Si](C)(C)C)cc1. The average Bonchev–Trinajstić information content (AvgIpc) is 2.30. The summed E-state index contributed by atoms with van der Waals surface area (Å²) in [5.74, 6) is 0. The maximum absolute atomic E-state index is 8.81. The lowest BCUT2D eigenvalue weighted by atomic mass is 10.2. The second kappa shape index (κ2) is 7.44. The van der Waals surface area contributed by atoms with Crippen LogP contribution in [0, 0.1) is 18.3 Å². The minimum atomic E-state index is -1.63. The number of hydrogen-bond acceptors (Lipinski definition) is 3. The lowest BCUT2D eigenvalue weighted by Gasteiger charge is -2.24. The molecule has 0 N–H and O–H groups in total. The molecule has 0 spiro atoms. The summed E-state index contributed by atoms with van der Waals surface area (Å²) in [5, 5.41) is 8.81. The summed E-state index contributed by atoms with van der Waals surface area (Å²) >= 11 is 0. The van der Waals surface area contributed by atoms with Crippen LogP contribution in [0.4, 0.5) is 0 Å². The van der Waals surface area contributed by atoms with Crippen molar-refractivity contribution in [2.45, 2.75) is 45.7 Å². The van der Waals surface area contributed by atoms with Crippen LogP contribution in [-0.4, -0.2) is 21.0 Å². The molecule has 4 heteroatoms. The molecule has 1 aromatic carbocycles. The maximum atomic E-state index is 8.81. The molecule has 19 heavy (non-hydrogen) atoms. The van der Waals surface area contributed by atoms with Gasteiger partial charge in [0, 0.05) is 0 Å². The molecular formula is C15H23NO2Si. The minimum absolute atomic E-state index is 0.109. The Morgan fingerprint density at radius 2 is 1.84 bits per heavy atom. The first-order chi connectivity index (χ1) is 8.90. The van der Waals surface area contributed by atoms with Crippen molar-refractivity contribution in [3.8, 4) is 6.07 Å². The molecule has 1 atom stereocenters. The number of nitrogens with zero attached hydrogens (tertiary/aromatic N) is 1. The molecule has 0 heterocycles. The summed E-state index contributed by atoms with van der Waals surface area (Å²) in [7, 11) is -1.63. The molecule has 0 aromatic heterocycles. The highest BCUT2D eigenvalue weighted by molar-refractivity contribution is 6.69. The van der Waals surface area contributed by atoms with E-state index in [1.54, 1.807) is 0 Å². The van der Waals surface area contributed by atoms with E-state index in [-0.39, 0.29) is 6.10 Å². The van der Waals surface area contributed by atoms with Crippen LogP contribution in [0.3, 0.4) is 0 Å². The van der Waals surface area contributed by atoms with Crippen molar-refractivity contribution in [3.05, 3.63) is 35.4 Å². The van der Waals surface area contributed by atoms with Crippen molar-refractivity contribution >= 4 is 8.32 Å². The van der Waals surface area contributed by atoms with Crippen molar-refractivity contribution in [2.24, 2.45) is 0 Å². The van der Waals surface area contributed by atoms with Crippen LogP contribution in [0.1, 0.15) is 17.5 Å². The Morgan fingerprint density at radius 3 is 2.37 bits per heavy atom. The van der Waals surface area contributed by atoms with Crippen LogP contribution in [0.25, 0.3) is 0 Å². The molecule has 0 saturated carbocycles. The van der Waals surface area contributed by atoms with E-state index in [1.807, 2.05) is 0 Å². The van der Waals surface area contributed by atoms with E-state index in [0.717, 1.165) is 5.56 Å². The quantitative estimate of drug-likeness (QED) is 0.714. The summed E-state index contributed by atoms with van der Waals surface area (Å²) < 4.78 is 11.6. The predicted molar refractivity (Wildman–Crippen MR) is 79.3 cm³/mol. The normalized spacial score (nSPS) is 13.0. The monoisotopic (exact) mass is 277 g/mol. The van der Waals surface area contributed by atoms with Crippen LogP contribution >= 0.6 is 0 Å². The largest absolute Gasteiger partial charge is 0.411 e. The van der Waals surface area contributed by atoms with Gasteiger partial charge in [-0.15, -0.1) is 0 Å². The Balaban J connectivity index is 2.40. The molecule has 0 saturated heterocycles. The van der Waals surface area contributed by atoms with Gasteiger partial charge in [-0.2, -0.15) is 5.26 Å². The third kappa shape index (κ3) is 7.11. The topological polar surface area (TPSA) is 42.2 Å². The molecule has 3 nitrogen and oxygen atoms in total. The number of nitriles is 1. The summed E-state index contributed by atoms with van der Waals surface area (Å²) in [4.78, 5) is 0. The van der Waals surface area contributed by atoms with Crippen LogP contribution in [0.5, 0.6) is 0 Å². The van der Waals surface area contributed by atoms with Gasteiger partial charge in [-0.25, -0.2) is 0 Å². The van der Waals surface area contributed by atoms with Crippen molar-refractivity contribution in [3.63, 3.8) is 0 Å². The van der Waals surface area contributed by atoms with Gasteiger partial charge >= 0.3 is 0 Å². The smallest absolute Gasteiger partial charge is 0.184 e. The zero-order valence-corrected chi connectivity index (χ0v) is 13.3. The molecular weight excluding hydrogens is 254 g/mol. The molecule has 0 bridgehead atoms. The van der Waals surface area contributed by atoms with Gasteiger partial charge < -0.3 is 9.16 Å². The van der Waals surface area contributed by atoms with E-state index in [0.29, 0.717) is 19.6 Å².